The van der Waals surface area contributed by atoms with E-state index < -0.39 is 17.8 Å². The maximum atomic E-state index is 11.7. The molecule has 2 fully saturated rings. The summed E-state index contributed by atoms with van der Waals surface area (Å²) in [7, 11) is 0. The molecule has 2 heterocycles. The van der Waals surface area contributed by atoms with Gasteiger partial charge in [0.15, 0.2) is 0 Å². The number of likely N-dealkylation sites (tertiary alicyclic amines) is 1. The fourth-order valence-corrected chi connectivity index (χ4v) is 3.14. The Morgan fingerprint density at radius 1 is 1.08 bits per heavy atom. The van der Waals surface area contributed by atoms with Crippen LogP contribution in [0.4, 0.5) is 0 Å². The highest BCUT2D eigenvalue weighted by atomic mass is 16.6. The lowest BCUT2D eigenvalue weighted by Crippen LogP contribution is -2.42. The predicted octanol–water partition coefficient (Wildman–Crippen LogP) is -2.11. The van der Waals surface area contributed by atoms with E-state index in [-0.39, 0.29) is 37.7 Å². The van der Waals surface area contributed by atoms with Gasteiger partial charge in [-0.15, -0.1) is 0 Å². The second kappa shape index (κ2) is 10.1. The summed E-state index contributed by atoms with van der Waals surface area (Å²) in [6.45, 7) is 1.84. The van der Waals surface area contributed by atoms with Crippen molar-refractivity contribution in [2.45, 2.75) is 37.8 Å². The molecule has 0 unspecified atom stereocenters. The van der Waals surface area contributed by atoms with Crippen molar-refractivity contribution >= 4 is 23.8 Å². The molecule has 146 valence electrons. The number of nitrogens with two attached hydrogens (primary N) is 1. The smallest absolute Gasteiger partial charge is 0.417 e. The van der Waals surface area contributed by atoms with Gasteiger partial charge in [-0.25, -0.2) is 9.59 Å². The van der Waals surface area contributed by atoms with Gasteiger partial charge in [-0.2, -0.15) is 0 Å². The minimum atomic E-state index is -1.11. The van der Waals surface area contributed by atoms with Gasteiger partial charge >= 0.3 is 11.9 Å². The first-order valence-electron chi connectivity index (χ1n) is 8.87. The largest absolute Gasteiger partial charge is 0.456 e. The quantitative estimate of drug-likeness (QED) is 0.251. The maximum absolute atomic E-state index is 11.7. The molecule has 10 heteroatoms. The number of carbonyl (C=O) groups excluding carboxylic acids is 4. The van der Waals surface area contributed by atoms with E-state index in [4.69, 9.17) is 15.2 Å². The molecule has 0 radical (unpaired) electrons. The highest BCUT2D eigenvalue weighted by Gasteiger charge is 2.29. The normalized spacial score (nSPS) is 22.8. The number of hydrogen-bond donors (Lipinski definition) is 3. The Labute approximate surface area is 151 Å². The van der Waals surface area contributed by atoms with Crippen LogP contribution in [0.1, 0.15) is 25.7 Å². The Balaban J connectivity index is 1.55. The average Bonchev–Trinajstić information content (AvgIpc) is 3.29. The Hall–Kier alpha value is -2.20. The third-order valence-electron chi connectivity index (χ3n) is 4.48. The predicted molar refractivity (Wildman–Crippen MR) is 89.7 cm³/mol. The lowest BCUT2D eigenvalue weighted by Gasteiger charge is -2.21. The van der Waals surface area contributed by atoms with E-state index in [1.54, 1.807) is 0 Å². The van der Waals surface area contributed by atoms with Crippen LogP contribution in [0.3, 0.4) is 0 Å². The van der Waals surface area contributed by atoms with E-state index >= 15 is 0 Å². The zero-order valence-corrected chi connectivity index (χ0v) is 14.7. The van der Waals surface area contributed by atoms with Crippen LogP contribution < -0.4 is 16.4 Å². The van der Waals surface area contributed by atoms with Crippen LogP contribution in [0.15, 0.2) is 0 Å². The number of primary amides is 1. The molecule has 2 atom stereocenters. The van der Waals surface area contributed by atoms with Crippen molar-refractivity contribution in [1.82, 2.24) is 15.5 Å². The van der Waals surface area contributed by atoms with Crippen LogP contribution in [0.25, 0.3) is 0 Å². The zero-order valence-electron chi connectivity index (χ0n) is 14.7. The van der Waals surface area contributed by atoms with Gasteiger partial charge in [-0.3, -0.25) is 14.5 Å². The van der Waals surface area contributed by atoms with E-state index in [9.17, 15) is 19.2 Å². The lowest BCUT2D eigenvalue weighted by atomic mass is 10.2. The average molecular weight is 370 g/mol. The van der Waals surface area contributed by atoms with Gasteiger partial charge in [0.1, 0.15) is 13.2 Å². The summed E-state index contributed by atoms with van der Waals surface area (Å²) in [5.74, 6) is -2.74. The number of esters is 2. The van der Waals surface area contributed by atoms with Crippen LogP contribution in [0, 0.1) is 0 Å². The number of hydrogen-bond acceptors (Lipinski definition) is 8. The van der Waals surface area contributed by atoms with Gasteiger partial charge in [0.2, 0.25) is 11.8 Å². The second-order valence-electron chi connectivity index (χ2n) is 6.31. The Bertz CT molecular complexity index is 535. The van der Waals surface area contributed by atoms with Crippen molar-refractivity contribution in [3.05, 3.63) is 0 Å². The van der Waals surface area contributed by atoms with E-state index in [1.807, 2.05) is 4.90 Å². The summed E-state index contributed by atoms with van der Waals surface area (Å²) in [4.78, 5) is 47.9. The second-order valence-corrected chi connectivity index (χ2v) is 6.31. The molecular formula is C16H26N4O6. The van der Waals surface area contributed by atoms with Gasteiger partial charge in [-0.1, -0.05) is 0 Å². The standard InChI is InChI=1S/C16H26N4O6/c17-13(21)12-4-2-7-20(12)8-10-26-16(24)15(23)25-9-6-19-14(22)11-3-1-5-18-11/h11-12,18H,1-10H2,(H2,17,21)(H,19,22)/t11-,12-/m0/s1. The molecule has 0 spiro atoms. The van der Waals surface area contributed by atoms with E-state index in [1.165, 1.54) is 0 Å². The summed E-state index contributed by atoms with van der Waals surface area (Å²) in [5.41, 5.74) is 5.30. The minimum Gasteiger partial charge on any atom is -0.456 e. The summed E-state index contributed by atoms with van der Waals surface area (Å²) < 4.78 is 9.61. The van der Waals surface area contributed by atoms with Crippen LogP contribution in [0.2, 0.25) is 0 Å². The van der Waals surface area contributed by atoms with Crippen molar-refractivity contribution in [3.63, 3.8) is 0 Å². The Morgan fingerprint density at radius 3 is 2.46 bits per heavy atom. The monoisotopic (exact) mass is 370 g/mol. The van der Waals surface area contributed by atoms with Crippen LogP contribution >= 0.6 is 0 Å². The summed E-state index contributed by atoms with van der Waals surface area (Å²) in [6, 6.07) is -0.552. The molecule has 2 aliphatic heterocycles. The molecule has 0 aromatic heterocycles. The summed E-state index contributed by atoms with van der Waals surface area (Å²) in [6.07, 6.45) is 3.28. The number of nitrogens with zero attached hydrogens (tertiary/aromatic N) is 1. The molecule has 0 saturated carbocycles. The first-order valence-corrected chi connectivity index (χ1v) is 8.87. The van der Waals surface area contributed by atoms with Crippen LogP contribution in [-0.2, 0) is 28.7 Å². The van der Waals surface area contributed by atoms with Crippen LogP contribution in [0.5, 0.6) is 0 Å². The number of nitrogens with one attached hydrogen (secondary N) is 2. The Morgan fingerprint density at radius 2 is 1.81 bits per heavy atom. The van der Waals surface area contributed by atoms with E-state index in [0.29, 0.717) is 19.5 Å². The third-order valence-corrected chi connectivity index (χ3v) is 4.48. The van der Waals surface area contributed by atoms with Crippen molar-refractivity contribution in [2.24, 2.45) is 5.73 Å². The number of carbonyl (C=O) groups is 4. The fraction of sp³-hybridized carbons (Fsp3) is 0.750. The molecule has 2 saturated heterocycles. The van der Waals surface area contributed by atoms with Gasteiger partial charge in [-0.05, 0) is 38.8 Å². The maximum Gasteiger partial charge on any atom is 0.417 e. The molecular weight excluding hydrogens is 344 g/mol. The molecule has 0 aromatic rings. The van der Waals surface area contributed by atoms with Crippen LogP contribution in [-0.4, -0.2) is 80.1 Å². The van der Waals surface area contributed by atoms with E-state index in [2.05, 4.69) is 10.6 Å². The molecule has 26 heavy (non-hydrogen) atoms. The number of ether oxygens (including phenoxy) is 2. The molecule has 2 amide bonds. The molecule has 4 N–H and O–H groups in total. The zero-order chi connectivity index (χ0) is 18.9. The first-order chi connectivity index (χ1) is 12.5. The van der Waals surface area contributed by atoms with Gasteiger partial charge < -0.3 is 25.8 Å². The van der Waals surface area contributed by atoms with E-state index in [0.717, 1.165) is 25.8 Å². The van der Waals surface area contributed by atoms with Crippen molar-refractivity contribution in [1.29, 1.82) is 0 Å². The highest BCUT2D eigenvalue weighted by molar-refractivity contribution is 6.29. The van der Waals surface area contributed by atoms with Crippen molar-refractivity contribution in [2.75, 3.05) is 39.4 Å². The molecule has 0 bridgehead atoms. The van der Waals surface area contributed by atoms with Crippen molar-refractivity contribution in [3.8, 4) is 0 Å². The molecule has 0 aliphatic carbocycles. The lowest BCUT2D eigenvalue weighted by molar-refractivity contribution is -0.167. The third kappa shape index (κ3) is 5.95. The molecule has 2 rings (SSSR count). The topological polar surface area (TPSA) is 140 Å². The summed E-state index contributed by atoms with van der Waals surface area (Å²) >= 11 is 0. The van der Waals surface area contributed by atoms with Gasteiger partial charge in [0.05, 0.1) is 18.6 Å². The Kier molecular flexibility index (Phi) is 7.79. The molecule has 0 aromatic carbocycles. The SMILES string of the molecule is NC(=O)[C@@H]1CCCN1CCOC(=O)C(=O)OCCNC(=O)[C@@H]1CCCN1. The minimum absolute atomic E-state index is 0.0260. The molecule has 2 aliphatic rings. The highest BCUT2D eigenvalue weighted by Crippen LogP contribution is 2.15. The molecule has 10 nitrogen and oxygen atoms in total. The van der Waals surface area contributed by atoms with Gasteiger partial charge in [0, 0.05) is 6.54 Å². The number of rotatable bonds is 8. The number of amides is 2. The fourth-order valence-electron chi connectivity index (χ4n) is 3.14. The van der Waals surface area contributed by atoms with Gasteiger partial charge in [0.25, 0.3) is 0 Å². The first kappa shape index (κ1) is 20.1. The summed E-state index contributed by atoms with van der Waals surface area (Å²) in [5, 5.41) is 5.69. The van der Waals surface area contributed by atoms with Crippen molar-refractivity contribution < 1.29 is 28.7 Å².